The average molecular weight is 267 g/mol. The Bertz CT molecular complexity index is 619. The van der Waals surface area contributed by atoms with Gasteiger partial charge in [0.1, 0.15) is 11.9 Å². The van der Waals surface area contributed by atoms with Gasteiger partial charge in [0.05, 0.1) is 0 Å². The second-order valence-corrected chi connectivity index (χ2v) is 5.05. The maximum Gasteiger partial charge on any atom is 0.221 e. The number of fused-ring (bicyclic) bond motifs is 1. The number of anilines is 1. The maximum atomic E-state index is 11.0. The summed E-state index contributed by atoms with van der Waals surface area (Å²) < 4.78 is 6.05. The third-order valence-corrected chi connectivity index (χ3v) is 3.53. The van der Waals surface area contributed by atoms with Gasteiger partial charge in [0.2, 0.25) is 5.91 Å². The highest BCUT2D eigenvalue weighted by Gasteiger charge is 2.23. The van der Waals surface area contributed by atoms with Crippen molar-refractivity contribution in [3.05, 3.63) is 59.7 Å². The number of aryl methyl sites for hydroxylation is 1. The summed E-state index contributed by atoms with van der Waals surface area (Å²) in [5.41, 5.74) is 3.46. The van der Waals surface area contributed by atoms with E-state index >= 15 is 0 Å². The van der Waals surface area contributed by atoms with Crippen LogP contribution in [0.2, 0.25) is 0 Å². The van der Waals surface area contributed by atoms with Crippen molar-refractivity contribution in [3.8, 4) is 5.75 Å². The first-order chi connectivity index (χ1) is 9.72. The van der Waals surface area contributed by atoms with Crippen LogP contribution in [0.5, 0.6) is 5.75 Å². The quantitative estimate of drug-likeness (QED) is 0.920. The van der Waals surface area contributed by atoms with Crippen molar-refractivity contribution in [2.45, 2.75) is 25.9 Å². The molecule has 3 nitrogen and oxygen atoms in total. The second-order valence-electron chi connectivity index (χ2n) is 5.05. The van der Waals surface area contributed by atoms with Gasteiger partial charge in [-0.3, -0.25) is 4.79 Å². The van der Waals surface area contributed by atoms with Crippen molar-refractivity contribution in [2.24, 2.45) is 0 Å². The summed E-state index contributed by atoms with van der Waals surface area (Å²) in [6, 6.07) is 15.9. The standard InChI is InChI=1S/C17H17NO2/c1-12(19)18-14-7-9-15(10-8-14)20-17-11-6-13-4-2-3-5-16(13)17/h2-5,7-10,17H,6,11H2,1H3,(H,18,19)/t17-/m0/s1. The van der Waals surface area contributed by atoms with Gasteiger partial charge in [-0.25, -0.2) is 0 Å². The smallest absolute Gasteiger partial charge is 0.221 e. The summed E-state index contributed by atoms with van der Waals surface area (Å²) in [5, 5.41) is 2.75. The fourth-order valence-electron chi connectivity index (χ4n) is 2.62. The first-order valence-electron chi connectivity index (χ1n) is 6.84. The van der Waals surface area contributed by atoms with Crippen LogP contribution < -0.4 is 10.1 Å². The molecule has 2 aromatic carbocycles. The highest BCUT2D eigenvalue weighted by atomic mass is 16.5. The van der Waals surface area contributed by atoms with Crippen LogP contribution >= 0.6 is 0 Å². The Morgan fingerprint density at radius 1 is 1.15 bits per heavy atom. The molecule has 2 aromatic rings. The molecule has 0 aliphatic heterocycles. The SMILES string of the molecule is CC(=O)Nc1ccc(O[C@H]2CCc3ccccc32)cc1. The highest BCUT2D eigenvalue weighted by molar-refractivity contribution is 5.88. The minimum absolute atomic E-state index is 0.0663. The number of rotatable bonds is 3. The van der Waals surface area contributed by atoms with Crippen LogP contribution in [-0.4, -0.2) is 5.91 Å². The van der Waals surface area contributed by atoms with Gasteiger partial charge in [-0.2, -0.15) is 0 Å². The molecular weight excluding hydrogens is 250 g/mol. The van der Waals surface area contributed by atoms with Crippen molar-refractivity contribution in [2.75, 3.05) is 5.32 Å². The number of carbonyl (C=O) groups is 1. The van der Waals surface area contributed by atoms with E-state index in [0.29, 0.717) is 0 Å². The molecule has 0 radical (unpaired) electrons. The molecule has 0 heterocycles. The van der Waals surface area contributed by atoms with Crippen LogP contribution in [0.3, 0.4) is 0 Å². The fourth-order valence-corrected chi connectivity index (χ4v) is 2.62. The van der Waals surface area contributed by atoms with Gasteiger partial charge in [-0.1, -0.05) is 24.3 Å². The minimum Gasteiger partial charge on any atom is -0.486 e. The van der Waals surface area contributed by atoms with Crippen molar-refractivity contribution in [3.63, 3.8) is 0 Å². The van der Waals surface area contributed by atoms with Gasteiger partial charge in [-0.05, 0) is 48.2 Å². The zero-order valence-corrected chi connectivity index (χ0v) is 11.4. The monoisotopic (exact) mass is 267 g/mol. The van der Waals surface area contributed by atoms with Crippen molar-refractivity contribution in [1.82, 2.24) is 0 Å². The summed E-state index contributed by atoms with van der Waals surface area (Å²) in [6.07, 6.45) is 2.23. The van der Waals surface area contributed by atoms with E-state index in [0.717, 1.165) is 24.3 Å². The number of hydrogen-bond acceptors (Lipinski definition) is 2. The molecule has 1 aliphatic rings. The molecule has 0 unspecified atom stereocenters. The maximum absolute atomic E-state index is 11.0. The van der Waals surface area contributed by atoms with E-state index in [9.17, 15) is 4.79 Å². The summed E-state index contributed by atoms with van der Waals surface area (Å²) in [5.74, 6) is 0.768. The van der Waals surface area contributed by atoms with Crippen LogP contribution in [-0.2, 0) is 11.2 Å². The van der Waals surface area contributed by atoms with Crippen LogP contribution in [0.25, 0.3) is 0 Å². The molecule has 3 rings (SSSR count). The average Bonchev–Trinajstić information content (AvgIpc) is 2.84. The Balaban J connectivity index is 1.71. The van der Waals surface area contributed by atoms with E-state index in [-0.39, 0.29) is 12.0 Å². The summed E-state index contributed by atoms with van der Waals surface area (Å²) in [4.78, 5) is 11.0. The normalized spacial score (nSPS) is 16.6. The third-order valence-electron chi connectivity index (χ3n) is 3.53. The Morgan fingerprint density at radius 2 is 1.90 bits per heavy atom. The number of nitrogens with one attached hydrogen (secondary N) is 1. The summed E-state index contributed by atoms with van der Waals surface area (Å²) in [7, 11) is 0. The lowest BCUT2D eigenvalue weighted by molar-refractivity contribution is -0.114. The number of amides is 1. The van der Waals surface area contributed by atoms with Crippen LogP contribution in [0, 0.1) is 0 Å². The molecule has 20 heavy (non-hydrogen) atoms. The van der Waals surface area contributed by atoms with Crippen molar-refractivity contribution < 1.29 is 9.53 Å². The molecule has 102 valence electrons. The molecule has 1 amide bonds. The van der Waals surface area contributed by atoms with Crippen molar-refractivity contribution in [1.29, 1.82) is 0 Å². The minimum atomic E-state index is -0.0663. The van der Waals surface area contributed by atoms with E-state index in [1.54, 1.807) is 0 Å². The first kappa shape index (κ1) is 12.7. The molecule has 3 heteroatoms. The van der Waals surface area contributed by atoms with Gasteiger partial charge in [0.25, 0.3) is 0 Å². The lowest BCUT2D eigenvalue weighted by Crippen LogP contribution is -2.06. The Morgan fingerprint density at radius 3 is 2.65 bits per heavy atom. The topological polar surface area (TPSA) is 38.3 Å². The van der Waals surface area contributed by atoms with E-state index in [2.05, 4.69) is 29.6 Å². The first-order valence-corrected chi connectivity index (χ1v) is 6.84. The Labute approximate surface area is 118 Å². The molecular formula is C17H17NO2. The van der Waals surface area contributed by atoms with Crippen LogP contribution in [0.1, 0.15) is 30.6 Å². The van der Waals surface area contributed by atoms with E-state index in [4.69, 9.17) is 4.74 Å². The van der Waals surface area contributed by atoms with Gasteiger partial charge < -0.3 is 10.1 Å². The Kier molecular flexibility index (Phi) is 3.42. The lowest BCUT2D eigenvalue weighted by Gasteiger charge is -2.15. The zero-order chi connectivity index (χ0) is 13.9. The number of hydrogen-bond donors (Lipinski definition) is 1. The molecule has 0 bridgehead atoms. The molecule has 0 saturated carbocycles. The Hall–Kier alpha value is -2.29. The van der Waals surface area contributed by atoms with E-state index in [1.165, 1.54) is 18.1 Å². The number of ether oxygens (including phenoxy) is 1. The van der Waals surface area contributed by atoms with Gasteiger partial charge in [0, 0.05) is 12.6 Å². The van der Waals surface area contributed by atoms with Crippen molar-refractivity contribution >= 4 is 11.6 Å². The number of carbonyl (C=O) groups excluding carboxylic acids is 1. The molecule has 1 atom stereocenters. The van der Waals surface area contributed by atoms with Gasteiger partial charge >= 0.3 is 0 Å². The van der Waals surface area contributed by atoms with E-state index in [1.807, 2.05) is 24.3 Å². The largest absolute Gasteiger partial charge is 0.486 e. The van der Waals surface area contributed by atoms with Crippen LogP contribution in [0.15, 0.2) is 48.5 Å². The molecule has 0 fully saturated rings. The van der Waals surface area contributed by atoms with Gasteiger partial charge in [0.15, 0.2) is 0 Å². The predicted octanol–water partition coefficient (Wildman–Crippen LogP) is 3.71. The summed E-state index contributed by atoms with van der Waals surface area (Å²) in [6.45, 7) is 1.50. The molecule has 0 aromatic heterocycles. The third kappa shape index (κ3) is 2.67. The second kappa shape index (κ2) is 5.37. The van der Waals surface area contributed by atoms with Gasteiger partial charge in [-0.15, -0.1) is 0 Å². The lowest BCUT2D eigenvalue weighted by atomic mass is 10.1. The number of benzene rings is 2. The molecule has 1 N–H and O–H groups in total. The van der Waals surface area contributed by atoms with E-state index < -0.39 is 0 Å². The molecule has 0 saturated heterocycles. The highest BCUT2D eigenvalue weighted by Crippen LogP contribution is 2.34. The molecule has 1 aliphatic carbocycles. The summed E-state index contributed by atoms with van der Waals surface area (Å²) >= 11 is 0. The molecule has 0 spiro atoms. The van der Waals surface area contributed by atoms with Crippen LogP contribution in [0.4, 0.5) is 5.69 Å². The zero-order valence-electron chi connectivity index (χ0n) is 11.4. The fraction of sp³-hybridized carbons (Fsp3) is 0.235. The predicted molar refractivity (Wildman–Crippen MR) is 78.9 cm³/mol.